The van der Waals surface area contributed by atoms with Crippen LogP contribution < -0.4 is 20.7 Å². The number of halogens is 1. The summed E-state index contributed by atoms with van der Waals surface area (Å²) in [6, 6.07) is 7.30. The van der Waals surface area contributed by atoms with E-state index in [0.717, 1.165) is 37.3 Å². The van der Waals surface area contributed by atoms with Crippen molar-refractivity contribution in [2.24, 2.45) is 0 Å². The van der Waals surface area contributed by atoms with E-state index in [9.17, 15) is 4.79 Å². The topological polar surface area (TPSA) is 104 Å². The molecule has 8 nitrogen and oxygen atoms in total. The van der Waals surface area contributed by atoms with Crippen molar-refractivity contribution in [1.82, 2.24) is 25.6 Å². The van der Waals surface area contributed by atoms with Crippen molar-refractivity contribution in [1.29, 1.82) is 0 Å². The smallest absolute Gasteiger partial charge is 0.255 e. The molecule has 1 saturated heterocycles. The van der Waals surface area contributed by atoms with Crippen molar-refractivity contribution >= 4 is 28.9 Å². The van der Waals surface area contributed by atoms with Crippen LogP contribution in [0.2, 0.25) is 5.02 Å². The summed E-state index contributed by atoms with van der Waals surface area (Å²) in [4.78, 5) is 25.1. The van der Waals surface area contributed by atoms with Gasteiger partial charge in [-0.25, -0.2) is 9.97 Å². The van der Waals surface area contributed by atoms with Crippen molar-refractivity contribution in [3.63, 3.8) is 0 Å². The lowest BCUT2D eigenvalue weighted by Crippen LogP contribution is -2.52. The second kappa shape index (κ2) is 7.86. The number of nitrogens with one attached hydrogen (secondary N) is 4. The van der Waals surface area contributed by atoms with Gasteiger partial charge in [0, 0.05) is 23.9 Å². The number of carbonyl (C=O) groups is 1. The van der Waals surface area contributed by atoms with Crippen molar-refractivity contribution in [3.05, 3.63) is 53.1 Å². The molecule has 0 radical (unpaired) electrons. The first-order chi connectivity index (χ1) is 15.1. The monoisotopic (exact) mass is 438 g/mol. The SMILES string of the molecule is COc1c(Cl)cccc1Nc1c(-c2ccncn2)[nH]c2c1C(=O)NCC21CCNCC1. The van der Waals surface area contributed by atoms with Gasteiger partial charge in [0.15, 0.2) is 5.75 Å². The Kier molecular flexibility index (Phi) is 5.03. The minimum Gasteiger partial charge on any atom is -0.493 e. The molecule has 5 rings (SSSR count). The normalized spacial score (nSPS) is 17.2. The van der Waals surface area contributed by atoms with Gasteiger partial charge in [0.2, 0.25) is 0 Å². The fourth-order valence-electron chi connectivity index (χ4n) is 4.59. The molecule has 0 atom stereocenters. The van der Waals surface area contributed by atoms with Gasteiger partial charge in [-0.1, -0.05) is 17.7 Å². The molecular formula is C22H23ClN6O2. The van der Waals surface area contributed by atoms with Crippen LogP contribution in [0, 0.1) is 0 Å². The molecule has 2 aliphatic rings. The molecule has 0 bridgehead atoms. The average Bonchev–Trinajstić information content (AvgIpc) is 3.19. The zero-order valence-corrected chi connectivity index (χ0v) is 17.8. The van der Waals surface area contributed by atoms with Crippen molar-refractivity contribution in [3.8, 4) is 17.1 Å². The molecule has 0 saturated carbocycles. The molecule has 1 spiro atoms. The zero-order valence-electron chi connectivity index (χ0n) is 17.1. The van der Waals surface area contributed by atoms with Gasteiger partial charge in [0.1, 0.15) is 6.33 Å². The minimum atomic E-state index is -0.144. The Morgan fingerprint density at radius 2 is 2.06 bits per heavy atom. The summed E-state index contributed by atoms with van der Waals surface area (Å²) in [7, 11) is 1.57. The molecule has 31 heavy (non-hydrogen) atoms. The fraction of sp³-hybridized carbons (Fsp3) is 0.318. The summed E-state index contributed by atoms with van der Waals surface area (Å²) >= 11 is 6.34. The number of aromatic amines is 1. The molecule has 4 N–H and O–H groups in total. The highest BCUT2D eigenvalue weighted by Crippen LogP contribution is 2.45. The van der Waals surface area contributed by atoms with Crippen LogP contribution in [0.1, 0.15) is 28.9 Å². The number of methoxy groups -OCH3 is 1. The van der Waals surface area contributed by atoms with E-state index in [1.165, 1.54) is 6.33 Å². The fourth-order valence-corrected chi connectivity index (χ4v) is 4.84. The number of amides is 1. The Bertz CT molecular complexity index is 1120. The van der Waals surface area contributed by atoms with E-state index in [4.69, 9.17) is 16.3 Å². The van der Waals surface area contributed by atoms with Gasteiger partial charge >= 0.3 is 0 Å². The lowest BCUT2D eigenvalue weighted by atomic mass is 9.73. The molecule has 4 heterocycles. The third-order valence-corrected chi connectivity index (χ3v) is 6.47. The number of hydrogen-bond acceptors (Lipinski definition) is 6. The van der Waals surface area contributed by atoms with E-state index in [1.54, 1.807) is 19.4 Å². The number of aromatic nitrogens is 3. The van der Waals surface area contributed by atoms with Crippen LogP contribution in [0.3, 0.4) is 0 Å². The van der Waals surface area contributed by atoms with Crippen LogP contribution in [0.4, 0.5) is 11.4 Å². The van der Waals surface area contributed by atoms with Gasteiger partial charge in [-0.05, 0) is 44.1 Å². The maximum Gasteiger partial charge on any atom is 0.255 e. The first-order valence-electron chi connectivity index (χ1n) is 10.2. The standard InChI is InChI=1S/C22H23ClN6O2/c1-31-19-13(23)3-2-4-15(19)28-18-16-20(29-17(18)14-5-8-25-12-27-14)22(11-26-21(16)30)6-9-24-10-7-22/h2-5,8,12,24,28-29H,6-7,9-11H2,1H3,(H,26,30). The molecule has 2 aliphatic heterocycles. The van der Waals surface area contributed by atoms with Crippen molar-refractivity contribution in [2.45, 2.75) is 18.3 Å². The predicted octanol–water partition coefficient (Wildman–Crippen LogP) is 3.24. The van der Waals surface area contributed by atoms with E-state index >= 15 is 0 Å². The van der Waals surface area contributed by atoms with Crippen LogP contribution >= 0.6 is 11.6 Å². The Morgan fingerprint density at radius 3 is 2.81 bits per heavy atom. The highest BCUT2D eigenvalue weighted by atomic mass is 35.5. The molecule has 1 amide bonds. The van der Waals surface area contributed by atoms with Gasteiger partial charge in [-0.3, -0.25) is 4.79 Å². The van der Waals surface area contributed by atoms with Crippen molar-refractivity contribution < 1.29 is 9.53 Å². The van der Waals surface area contributed by atoms with Crippen LogP contribution in [-0.4, -0.2) is 47.6 Å². The number of para-hydroxylation sites is 1. The molecule has 0 aliphatic carbocycles. The molecule has 2 aromatic heterocycles. The quantitative estimate of drug-likeness (QED) is 0.498. The van der Waals surface area contributed by atoms with Gasteiger partial charge in [0.25, 0.3) is 5.91 Å². The molecule has 160 valence electrons. The Balaban J connectivity index is 1.72. The van der Waals surface area contributed by atoms with E-state index < -0.39 is 0 Å². The summed E-state index contributed by atoms with van der Waals surface area (Å²) in [6.45, 7) is 2.42. The van der Waals surface area contributed by atoms with Gasteiger partial charge in [-0.2, -0.15) is 0 Å². The molecule has 3 aromatic rings. The van der Waals surface area contributed by atoms with E-state index in [0.29, 0.717) is 39.9 Å². The third-order valence-electron chi connectivity index (χ3n) is 6.17. The summed E-state index contributed by atoms with van der Waals surface area (Å²) in [5, 5.41) is 10.4. The van der Waals surface area contributed by atoms with Gasteiger partial charge < -0.3 is 25.7 Å². The van der Waals surface area contributed by atoms with Crippen LogP contribution in [-0.2, 0) is 5.41 Å². The average molecular weight is 439 g/mol. The maximum atomic E-state index is 13.1. The number of anilines is 2. The van der Waals surface area contributed by atoms with Crippen LogP contribution in [0.5, 0.6) is 5.75 Å². The number of hydrogen-bond donors (Lipinski definition) is 4. The van der Waals surface area contributed by atoms with E-state index in [2.05, 4.69) is 30.9 Å². The lowest BCUT2D eigenvalue weighted by molar-refractivity contribution is 0.0914. The minimum absolute atomic E-state index is 0.112. The second-order valence-corrected chi connectivity index (χ2v) is 8.29. The van der Waals surface area contributed by atoms with Crippen molar-refractivity contribution in [2.75, 3.05) is 32.1 Å². The predicted molar refractivity (Wildman–Crippen MR) is 119 cm³/mol. The summed E-state index contributed by atoms with van der Waals surface area (Å²) in [6.07, 6.45) is 5.05. The molecule has 9 heteroatoms. The summed E-state index contributed by atoms with van der Waals surface area (Å²) < 4.78 is 5.51. The lowest BCUT2D eigenvalue weighted by Gasteiger charge is -2.40. The van der Waals surface area contributed by atoms with Crippen LogP contribution in [0.15, 0.2) is 36.8 Å². The highest BCUT2D eigenvalue weighted by Gasteiger charge is 2.44. The highest BCUT2D eigenvalue weighted by molar-refractivity contribution is 6.32. The van der Waals surface area contributed by atoms with Gasteiger partial charge in [0.05, 0.1) is 40.5 Å². The maximum absolute atomic E-state index is 13.1. The Labute approximate surface area is 184 Å². The summed E-state index contributed by atoms with van der Waals surface area (Å²) in [5.74, 6) is 0.403. The largest absolute Gasteiger partial charge is 0.493 e. The first-order valence-corrected chi connectivity index (χ1v) is 10.6. The Morgan fingerprint density at radius 1 is 1.23 bits per heavy atom. The number of rotatable bonds is 4. The molecular weight excluding hydrogens is 416 g/mol. The van der Waals surface area contributed by atoms with Gasteiger partial charge in [-0.15, -0.1) is 0 Å². The second-order valence-electron chi connectivity index (χ2n) is 7.88. The first kappa shape index (κ1) is 19.8. The number of fused-ring (bicyclic) bond motifs is 2. The number of carbonyl (C=O) groups excluding carboxylic acids is 1. The number of H-pyrrole nitrogens is 1. The number of nitrogens with zero attached hydrogens (tertiary/aromatic N) is 2. The summed E-state index contributed by atoms with van der Waals surface area (Å²) in [5.41, 5.74) is 4.19. The number of piperidine rings is 1. The number of ether oxygens (including phenoxy) is 1. The van der Waals surface area contributed by atoms with E-state index in [1.807, 2.05) is 18.2 Å². The van der Waals surface area contributed by atoms with Crippen LogP contribution in [0.25, 0.3) is 11.4 Å². The Hall–Kier alpha value is -3.10. The molecule has 0 unspecified atom stereocenters. The zero-order chi connectivity index (χ0) is 21.4. The molecule has 1 aromatic carbocycles. The third kappa shape index (κ3) is 3.32. The number of benzene rings is 1. The molecule has 1 fully saturated rings. The van der Waals surface area contributed by atoms with E-state index in [-0.39, 0.29) is 11.3 Å².